The number of nitrogens with zero attached hydrogens (tertiary/aromatic N) is 1. The molecule has 0 aliphatic heterocycles. The van der Waals surface area contributed by atoms with E-state index in [1.54, 1.807) is 0 Å². The maximum Gasteiger partial charge on any atom is 0.0549 e. The molecule has 0 unspecified atom stereocenters. The van der Waals surface area contributed by atoms with Crippen molar-refractivity contribution in [2.45, 2.75) is 19.3 Å². The second kappa shape index (κ2) is 9.92. The number of hydrogen-bond acceptors (Lipinski definition) is 2. The third-order valence-corrected chi connectivity index (χ3v) is 10.8. The van der Waals surface area contributed by atoms with Gasteiger partial charge < -0.3 is 4.90 Å². The van der Waals surface area contributed by atoms with Crippen molar-refractivity contribution in [2.24, 2.45) is 0 Å². The number of thiophene rings is 1. The fraction of sp³-hybridized carbons (Fsp3) is 0.0698. The van der Waals surface area contributed by atoms with Crippen LogP contribution >= 0.6 is 11.3 Å². The van der Waals surface area contributed by atoms with E-state index in [9.17, 15) is 0 Å². The summed E-state index contributed by atoms with van der Waals surface area (Å²) < 4.78 is 2.64. The Hall–Kier alpha value is -5.18. The van der Waals surface area contributed by atoms with Crippen molar-refractivity contribution >= 4 is 59.3 Å². The molecule has 0 bridgehead atoms. The first-order valence-corrected chi connectivity index (χ1v) is 16.4. The van der Waals surface area contributed by atoms with E-state index < -0.39 is 0 Å². The minimum absolute atomic E-state index is 0.127. The molecule has 1 nitrogen and oxygen atoms in total. The van der Waals surface area contributed by atoms with E-state index in [1.807, 2.05) is 11.3 Å². The van der Waals surface area contributed by atoms with E-state index in [-0.39, 0.29) is 5.41 Å². The number of benzene rings is 7. The van der Waals surface area contributed by atoms with Crippen molar-refractivity contribution in [3.63, 3.8) is 0 Å². The average molecular weight is 594 g/mol. The van der Waals surface area contributed by atoms with Crippen LogP contribution in [0.3, 0.4) is 0 Å². The number of anilines is 3. The van der Waals surface area contributed by atoms with Crippen LogP contribution in [-0.2, 0) is 5.41 Å². The molecule has 0 amide bonds. The van der Waals surface area contributed by atoms with Gasteiger partial charge in [0.05, 0.1) is 5.69 Å². The SMILES string of the molecule is CC1(C)c2ccccc2-c2c(N(c3ccc(-c4ccccc4)cc3)c3ccc4sc5ccccc5c4c3)cc3ccccc3c21. The van der Waals surface area contributed by atoms with Gasteiger partial charge in [-0.25, -0.2) is 0 Å². The van der Waals surface area contributed by atoms with Crippen LogP contribution in [0.4, 0.5) is 17.1 Å². The van der Waals surface area contributed by atoms with E-state index >= 15 is 0 Å². The summed E-state index contributed by atoms with van der Waals surface area (Å²) in [6.45, 7) is 4.77. The van der Waals surface area contributed by atoms with Gasteiger partial charge in [0.15, 0.2) is 0 Å². The van der Waals surface area contributed by atoms with Crippen LogP contribution in [0.5, 0.6) is 0 Å². The summed E-state index contributed by atoms with van der Waals surface area (Å²) in [5, 5.41) is 5.21. The molecule has 0 saturated carbocycles. The lowest BCUT2D eigenvalue weighted by molar-refractivity contribution is 0.666. The van der Waals surface area contributed by atoms with Crippen LogP contribution in [0.2, 0.25) is 0 Å². The molecule has 0 fully saturated rings. The smallest absolute Gasteiger partial charge is 0.0549 e. The molecule has 0 atom stereocenters. The molecule has 0 saturated heterocycles. The maximum absolute atomic E-state index is 2.49. The van der Waals surface area contributed by atoms with Gasteiger partial charge in [0.1, 0.15) is 0 Å². The highest BCUT2D eigenvalue weighted by Gasteiger charge is 2.39. The molecule has 1 aliphatic carbocycles. The van der Waals surface area contributed by atoms with Gasteiger partial charge in [-0.15, -0.1) is 11.3 Å². The number of fused-ring (bicyclic) bond motifs is 8. The third-order valence-electron chi connectivity index (χ3n) is 9.62. The summed E-state index contributed by atoms with van der Waals surface area (Å²) in [5.74, 6) is 0. The average Bonchev–Trinajstić information content (AvgIpc) is 3.58. The zero-order valence-corrected chi connectivity index (χ0v) is 26.1. The molecule has 9 rings (SSSR count). The van der Waals surface area contributed by atoms with Crippen LogP contribution in [0.1, 0.15) is 25.0 Å². The Morgan fingerprint density at radius 2 is 1.16 bits per heavy atom. The highest BCUT2D eigenvalue weighted by Crippen LogP contribution is 2.57. The molecule has 1 aromatic heterocycles. The molecular formula is C43H31NS. The standard InChI is InChI=1S/C43H31NS/c1-43(2)37-18-10-8-17-35(37)41-38(26-30-14-6-7-15-33(30)42(41)43)44(31-22-20-29(21-23-31)28-12-4-3-5-13-28)32-24-25-40-36(27-32)34-16-9-11-19-39(34)45-40/h3-27H,1-2H3. The van der Waals surface area contributed by atoms with Gasteiger partial charge in [-0.1, -0.05) is 123 Å². The molecular weight excluding hydrogens is 563 g/mol. The van der Waals surface area contributed by atoms with E-state index in [4.69, 9.17) is 0 Å². The summed E-state index contributed by atoms with van der Waals surface area (Å²) in [6.07, 6.45) is 0. The maximum atomic E-state index is 2.49. The van der Waals surface area contributed by atoms with Crippen LogP contribution < -0.4 is 4.90 Å². The van der Waals surface area contributed by atoms with Crippen LogP contribution in [-0.4, -0.2) is 0 Å². The zero-order valence-electron chi connectivity index (χ0n) is 25.3. The van der Waals surface area contributed by atoms with Gasteiger partial charge in [0.25, 0.3) is 0 Å². The highest BCUT2D eigenvalue weighted by molar-refractivity contribution is 7.25. The first kappa shape index (κ1) is 26.2. The van der Waals surface area contributed by atoms with Crippen molar-refractivity contribution < 1.29 is 0 Å². The summed E-state index contributed by atoms with van der Waals surface area (Å²) >= 11 is 1.87. The Kier molecular flexibility index (Phi) is 5.78. The Morgan fingerprint density at radius 1 is 0.511 bits per heavy atom. The molecule has 214 valence electrons. The minimum Gasteiger partial charge on any atom is -0.310 e. The predicted octanol–water partition coefficient (Wildman–Crippen LogP) is 12.7. The molecule has 8 aromatic rings. The van der Waals surface area contributed by atoms with Gasteiger partial charge in [0.2, 0.25) is 0 Å². The van der Waals surface area contributed by atoms with Gasteiger partial charge in [-0.2, -0.15) is 0 Å². The quantitative estimate of drug-likeness (QED) is 0.196. The van der Waals surface area contributed by atoms with Gasteiger partial charge >= 0.3 is 0 Å². The van der Waals surface area contributed by atoms with Crippen LogP contribution in [0.15, 0.2) is 152 Å². The second-order valence-corrected chi connectivity index (χ2v) is 13.6. The molecule has 1 heterocycles. The Labute approximate surface area is 267 Å². The first-order chi connectivity index (χ1) is 22.1. The Balaban J connectivity index is 1.35. The zero-order chi connectivity index (χ0) is 30.1. The van der Waals surface area contributed by atoms with E-state index in [2.05, 4.69) is 170 Å². The molecule has 0 radical (unpaired) electrons. The summed E-state index contributed by atoms with van der Waals surface area (Å²) in [7, 11) is 0. The summed E-state index contributed by atoms with van der Waals surface area (Å²) in [4.78, 5) is 2.49. The summed E-state index contributed by atoms with van der Waals surface area (Å²) in [6, 6.07) is 55.8. The van der Waals surface area contributed by atoms with Gasteiger partial charge in [0, 0.05) is 42.5 Å². The van der Waals surface area contributed by atoms with Crippen LogP contribution in [0, 0.1) is 0 Å². The van der Waals surface area contributed by atoms with E-state index in [0.29, 0.717) is 0 Å². The Morgan fingerprint density at radius 3 is 2.00 bits per heavy atom. The lowest BCUT2D eigenvalue weighted by Gasteiger charge is -2.30. The number of hydrogen-bond donors (Lipinski definition) is 0. The lowest BCUT2D eigenvalue weighted by Crippen LogP contribution is -2.16. The van der Waals surface area contributed by atoms with Crippen molar-refractivity contribution in [1.29, 1.82) is 0 Å². The normalized spacial score (nSPS) is 13.3. The lowest BCUT2D eigenvalue weighted by atomic mass is 9.80. The molecule has 0 spiro atoms. The molecule has 0 N–H and O–H groups in total. The van der Waals surface area contributed by atoms with Crippen molar-refractivity contribution in [2.75, 3.05) is 4.90 Å². The van der Waals surface area contributed by atoms with Crippen molar-refractivity contribution in [3.05, 3.63) is 163 Å². The second-order valence-electron chi connectivity index (χ2n) is 12.6. The predicted molar refractivity (Wildman–Crippen MR) is 195 cm³/mol. The first-order valence-electron chi connectivity index (χ1n) is 15.6. The summed E-state index contributed by atoms with van der Waals surface area (Å²) in [5.41, 5.74) is 11.3. The fourth-order valence-electron chi connectivity index (χ4n) is 7.53. The van der Waals surface area contributed by atoms with E-state index in [1.165, 1.54) is 70.0 Å². The molecule has 2 heteroatoms. The van der Waals surface area contributed by atoms with E-state index in [0.717, 1.165) is 11.4 Å². The molecule has 45 heavy (non-hydrogen) atoms. The van der Waals surface area contributed by atoms with Gasteiger partial charge in [-0.05, 0) is 81.1 Å². The monoisotopic (exact) mass is 593 g/mol. The highest BCUT2D eigenvalue weighted by atomic mass is 32.1. The molecule has 7 aromatic carbocycles. The molecule has 1 aliphatic rings. The minimum atomic E-state index is -0.127. The Bertz CT molecular complexity index is 2400. The van der Waals surface area contributed by atoms with Crippen molar-refractivity contribution in [1.82, 2.24) is 0 Å². The van der Waals surface area contributed by atoms with Crippen molar-refractivity contribution in [3.8, 4) is 22.3 Å². The fourth-order valence-corrected chi connectivity index (χ4v) is 8.61. The third kappa shape index (κ3) is 3.99. The number of rotatable bonds is 4. The van der Waals surface area contributed by atoms with Gasteiger partial charge in [-0.3, -0.25) is 0 Å². The largest absolute Gasteiger partial charge is 0.310 e. The van der Waals surface area contributed by atoms with Crippen LogP contribution in [0.25, 0.3) is 53.2 Å². The topological polar surface area (TPSA) is 3.24 Å².